The molecular formula is C12H15N5O. The van der Waals surface area contributed by atoms with Gasteiger partial charge in [0, 0.05) is 32.1 Å². The van der Waals surface area contributed by atoms with E-state index in [0.29, 0.717) is 12.4 Å². The Kier molecular flexibility index (Phi) is 3.57. The van der Waals surface area contributed by atoms with Crippen LogP contribution in [0, 0.1) is 6.92 Å². The van der Waals surface area contributed by atoms with E-state index in [0.717, 1.165) is 11.3 Å². The summed E-state index contributed by atoms with van der Waals surface area (Å²) >= 11 is 0. The molecular weight excluding hydrogens is 230 g/mol. The van der Waals surface area contributed by atoms with Gasteiger partial charge in [0.25, 0.3) is 0 Å². The summed E-state index contributed by atoms with van der Waals surface area (Å²) in [5.41, 5.74) is 1.81. The summed E-state index contributed by atoms with van der Waals surface area (Å²) in [6.45, 7) is 2.31. The Morgan fingerprint density at radius 3 is 2.94 bits per heavy atom. The van der Waals surface area contributed by atoms with Crippen molar-refractivity contribution in [1.82, 2.24) is 20.1 Å². The van der Waals surface area contributed by atoms with E-state index in [4.69, 9.17) is 0 Å². The Balaban J connectivity index is 1.88. The van der Waals surface area contributed by atoms with Crippen molar-refractivity contribution in [3.8, 4) is 0 Å². The Hall–Kier alpha value is -2.37. The minimum atomic E-state index is -0.262. The van der Waals surface area contributed by atoms with E-state index in [1.807, 2.05) is 25.1 Å². The number of aromatic nitrogens is 3. The second-order valence-electron chi connectivity index (χ2n) is 3.96. The number of carbonyl (C=O) groups is 1. The zero-order chi connectivity index (χ0) is 13.0. The quantitative estimate of drug-likeness (QED) is 0.859. The number of pyridine rings is 1. The van der Waals surface area contributed by atoms with Crippen LogP contribution in [0.3, 0.4) is 0 Å². The number of hydrogen-bond donors (Lipinski definition) is 2. The monoisotopic (exact) mass is 245 g/mol. The number of nitrogens with zero attached hydrogens (tertiary/aromatic N) is 3. The molecule has 6 heteroatoms. The normalized spacial score (nSPS) is 10.1. The van der Waals surface area contributed by atoms with Crippen molar-refractivity contribution < 1.29 is 4.79 Å². The third-order valence-corrected chi connectivity index (χ3v) is 2.42. The zero-order valence-electron chi connectivity index (χ0n) is 10.3. The van der Waals surface area contributed by atoms with Gasteiger partial charge >= 0.3 is 6.03 Å². The molecule has 0 fully saturated rings. The lowest BCUT2D eigenvalue weighted by Gasteiger charge is -2.07. The average molecular weight is 245 g/mol. The van der Waals surface area contributed by atoms with E-state index < -0.39 is 0 Å². The second-order valence-corrected chi connectivity index (χ2v) is 3.96. The molecule has 0 aliphatic carbocycles. The Morgan fingerprint density at radius 1 is 1.50 bits per heavy atom. The predicted octanol–water partition coefficient (Wildman–Crippen LogP) is 1.45. The van der Waals surface area contributed by atoms with Gasteiger partial charge in [0.2, 0.25) is 0 Å². The Morgan fingerprint density at radius 2 is 2.33 bits per heavy atom. The maximum atomic E-state index is 11.7. The van der Waals surface area contributed by atoms with Gasteiger partial charge in [-0.25, -0.2) is 4.79 Å². The number of rotatable bonds is 3. The summed E-state index contributed by atoms with van der Waals surface area (Å²) in [5.74, 6) is 0.663. The number of anilines is 1. The third kappa shape index (κ3) is 3.07. The van der Waals surface area contributed by atoms with Crippen LogP contribution in [0.1, 0.15) is 11.3 Å². The van der Waals surface area contributed by atoms with Crippen molar-refractivity contribution in [2.24, 2.45) is 7.05 Å². The molecule has 0 unspecified atom stereocenters. The molecule has 0 radical (unpaired) electrons. The Bertz CT molecular complexity index is 535. The molecule has 2 rings (SSSR count). The van der Waals surface area contributed by atoms with Crippen LogP contribution in [0.2, 0.25) is 0 Å². The van der Waals surface area contributed by atoms with Gasteiger partial charge in [-0.05, 0) is 18.6 Å². The standard InChI is InChI=1S/C12H15N5O/c1-9-6-11(17(2)16-9)15-12(18)14-8-10-4-3-5-13-7-10/h3-7H,8H2,1-2H3,(H2,14,15,18). The van der Waals surface area contributed by atoms with Crippen molar-refractivity contribution in [3.63, 3.8) is 0 Å². The molecule has 94 valence electrons. The average Bonchev–Trinajstić information content (AvgIpc) is 2.67. The first-order valence-electron chi connectivity index (χ1n) is 5.59. The summed E-state index contributed by atoms with van der Waals surface area (Å²) in [4.78, 5) is 15.6. The molecule has 2 N–H and O–H groups in total. The van der Waals surface area contributed by atoms with E-state index >= 15 is 0 Å². The number of urea groups is 1. The van der Waals surface area contributed by atoms with Crippen LogP contribution < -0.4 is 10.6 Å². The van der Waals surface area contributed by atoms with Crippen LogP contribution in [0.25, 0.3) is 0 Å². The maximum Gasteiger partial charge on any atom is 0.320 e. The zero-order valence-corrected chi connectivity index (χ0v) is 10.3. The first-order chi connectivity index (χ1) is 8.65. The van der Waals surface area contributed by atoms with E-state index in [9.17, 15) is 4.79 Å². The highest BCUT2D eigenvalue weighted by Crippen LogP contribution is 2.07. The van der Waals surface area contributed by atoms with E-state index in [1.165, 1.54) is 0 Å². The second kappa shape index (κ2) is 5.31. The maximum absolute atomic E-state index is 11.7. The molecule has 2 aromatic heterocycles. The molecule has 0 bridgehead atoms. The molecule has 0 atom stereocenters. The largest absolute Gasteiger partial charge is 0.334 e. The van der Waals surface area contributed by atoms with Crippen LogP contribution in [0.5, 0.6) is 0 Å². The molecule has 2 aromatic rings. The van der Waals surface area contributed by atoms with Crippen LogP contribution in [-0.4, -0.2) is 20.8 Å². The molecule has 0 saturated heterocycles. The number of hydrogen-bond acceptors (Lipinski definition) is 3. The van der Waals surface area contributed by atoms with E-state index in [2.05, 4.69) is 20.7 Å². The van der Waals surface area contributed by atoms with Gasteiger partial charge in [-0.2, -0.15) is 5.10 Å². The number of nitrogens with one attached hydrogen (secondary N) is 2. The number of carbonyl (C=O) groups excluding carboxylic acids is 1. The van der Waals surface area contributed by atoms with Gasteiger partial charge in [0.1, 0.15) is 5.82 Å². The summed E-state index contributed by atoms with van der Waals surface area (Å²) in [7, 11) is 1.78. The van der Waals surface area contributed by atoms with Gasteiger partial charge in [-0.3, -0.25) is 15.0 Å². The van der Waals surface area contributed by atoms with E-state index in [1.54, 1.807) is 24.1 Å². The molecule has 0 aliphatic heterocycles. The predicted molar refractivity (Wildman–Crippen MR) is 68.0 cm³/mol. The summed E-state index contributed by atoms with van der Waals surface area (Å²) in [6, 6.07) is 5.28. The number of amides is 2. The molecule has 0 aromatic carbocycles. The first kappa shape index (κ1) is 12.1. The van der Waals surface area contributed by atoms with Crippen molar-refractivity contribution in [2.75, 3.05) is 5.32 Å². The molecule has 6 nitrogen and oxygen atoms in total. The fourth-order valence-electron chi connectivity index (χ4n) is 1.57. The molecule has 0 saturated carbocycles. The fraction of sp³-hybridized carbons (Fsp3) is 0.250. The van der Waals surface area contributed by atoms with Gasteiger partial charge in [-0.1, -0.05) is 6.07 Å². The SMILES string of the molecule is Cc1cc(NC(=O)NCc2cccnc2)n(C)n1. The topological polar surface area (TPSA) is 71.8 Å². The van der Waals surface area contributed by atoms with Gasteiger partial charge in [0.05, 0.1) is 5.69 Å². The third-order valence-electron chi connectivity index (χ3n) is 2.42. The van der Waals surface area contributed by atoms with Crippen molar-refractivity contribution in [2.45, 2.75) is 13.5 Å². The molecule has 18 heavy (non-hydrogen) atoms. The summed E-state index contributed by atoms with van der Waals surface area (Å²) in [5, 5.41) is 9.63. The van der Waals surface area contributed by atoms with Crippen LogP contribution >= 0.6 is 0 Å². The molecule has 2 amide bonds. The molecule has 0 spiro atoms. The lowest BCUT2D eigenvalue weighted by Crippen LogP contribution is -2.29. The minimum absolute atomic E-state index is 0.262. The number of aryl methyl sites for hydroxylation is 2. The fourth-order valence-corrected chi connectivity index (χ4v) is 1.57. The molecule has 2 heterocycles. The van der Waals surface area contributed by atoms with Crippen LogP contribution in [0.15, 0.2) is 30.6 Å². The van der Waals surface area contributed by atoms with Gasteiger partial charge < -0.3 is 5.32 Å². The van der Waals surface area contributed by atoms with Crippen LogP contribution in [-0.2, 0) is 13.6 Å². The van der Waals surface area contributed by atoms with Crippen molar-refractivity contribution in [3.05, 3.63) is 41.9 Å². The van der Waals surface area contributed by atoms with Crippen LogP contribution in [0.4, 0.5) is 10.6 Å². The highest BCUT2D eigenvalue weighted by molar-refractivity contribution is 5.88. The Labute approximate surface area is 105 Å². The summed E-state index contributed by atoms with van der Waals surface area (Å²) in [6.07, 6.45) is 3.41. The summed E-state index contributed by atoms with van der Waals surface area (Å²) < 4.78 is 1.62. The van der Waals surface area contributed by atoms with E-state index in [-0.39, 0.29) is 6.03 Å². The van der Waals surface area contributed by atoms with Gasteiger partial charge in [0.15, 0.2) is 0 Å². The highest BCUT2D eigenvalue weighted by Gasteiger charge is 2.06. The lowest BCUT2D eigenvalue weighted by molar-refractivity contribution is 0.251. The minimum Gasteiger partial charge on any atom is -0.334 e. The van der Waals surface area contributed by atoms with Crippen molar-refractivity contribution in [1.29, 1.82) is 0 Å². The van der Waals surface area contributed by atoms with Crippen molar-refractivity contribution >= 4 is 11.8 Å². The van der Waals surface area contributed by atoms with Gasteiger partial charge in [-0.15, -0.1) is 0 Å². The first-order valence-corrected chi connectivity index (χ1v) is 5.59. The smallest absolute Gasteiger partial charge is 0.320 e. The molecule has 0 aliphatic rings. The lowest BCUT2D eigenvalue weighted by atomic mass is 10.3. The highest BCUT2D eigenvalue weighted by atomic mass is 16.2.